The van der Waals surface area contributed by atoms with Gasteiger partial charge in [-0.1, -0.05) is 15.9 Å². The number of amides is 1. The second-order valence-electron chi connectivity index (χ2n) is 3.78. The Labute approximate surface area is 132 Å². The molecule has 7 heteroatoms. The highest BCUT2D eigenvalue weighted by atomic mass is 79.9. The van der Waals surface area contributed by atoms with Crippen LogP contribution in [0, 0.1) is 0 Å². The van der Waals surface area contributed by atoms with Crippen LogP contribution in [0.25, 0.3) is 0 Å². The first kappa shape index (κ1) is 14.8. The largest absolute Gasteiger partial charge is 0.483 e. The molecule has 0 aliphatic heterocycles. The fourth-order valence-corrected chi connectivity index (χ4v) is 2.53. The average molecular weight is 401 g/mol. The molecule has 0 fully saturated rings. The van der Waals surface area contributed by atoms with Gasteiger partial charge in [-0.05, 0) is 46.3 Å². The van der Waals surface area contributed by atoms with Gasteiger partial charge < -0.3 is 9.72 Å². The van der Waals surface area contributed by atoms with Crippen LogP contribution in [0.1, 0.15) is 5.69 Å². The van der Waals surface area contributed by atoms with E-state index >= 15 is 0 Å². The minimum Gasteiger partial charge on any atom is -0.483 e. The highest BCUT2D eigenvalue weighted by Crippen LogP contribution is 2.27. The van der Waals surface area contributed by atoms with Gasteiger partial charge in [-0.15, -0.1) is 0 Å². The first-order valence-electron chi connectivity index (χ1n) is 5.68. The minimum absolute atomic E-state index is 0.109. The lowest BCUT2D eigenvalue weighted by Gasteiger charge is -2.07. The highest BCUT2D eigenvalue weighted by molar-refractivity contribution is 9.11. The molecule has 104 valence electrons. The number of hydrogen-bond acceptors (Lipinski definition) is 3. The average Bonchev–Trinajstić information content (AvgIpc) is 2.91. The maximum Gasteiger partial charge on any atom is 0.277 e. The smallest absolute Gasteiger partial charge is 0.277 e. The molecule has 0 saturated carbocycles. The standard InChI is InChI=1S/C13H11Br2N3O2/c14-9-3-4-12(11(15)6-9)20-8-13(19)18-17-7-10-2-1-5-16-10/h1-7,16H,8H2,(H,18,19). The Kier molecular flexibility index (Phi) is 5.37. The first-order valence-corrected chi connectivity index (χ1v) is 7.27. The Bertz CT molecular complexity index is 612. The first-order chi connectivity index (χ1) is 9.65. The van der Waals surface area contributed by atoms with Crippen molar-refractivity contribution in [1.29, 1.82) is 0 Å². The van der Waals surface area contributed by atoms with E-state index in [2.05, 4.69) is 47.4 Å². The second kappa shape index (κ2) is 7.25. The predicted molar refractivity (Wildman–Crippen MR) is 83.9 cm³/mol. The van der Waals surface area contributed by atoms with Gasteiger partial charge in [-0.25, -0.2) is 5.43 Å². The molecule has 1 aromatic carbocycles. The number of H-pyrrole nitrogens is 1. The normalized spacial score (nSPS) is 10.7. The molecular weight excluding hydrogens is 390 g/mol. The number of carbonyl (C=O) groups is 1. The summed E-state index contributed by atoms with van der Waals surface area (Å²) in [5.74, 6) is 0.263. The molecule has 2 aromatic rings. The van der Waals surface area contributed by atoms with E-state index in [1.54, 1.807) is 12.3 Å². The Morgan fingerprint density at radius 2 is 2.25 bits per heavy atom. The van der Waals surface area contributed by atoms with Crippen molar-refractivity contribution in [2.45, 2.75) is 0 Å². The van der Waals surface area contributed by atoms with Crippen molar-refractivity contribution in [1.82, 2.24) is 10.4 Å². The number of aromatic nitrogens is 1. The van der Waals surface area contributed by atoms with E-state index in [0.29, 0.717) is 5.75 Å². The zero-order valence-electron chi connectivity index (χ0n) is 10.3. The summed E-state index contributed by atoms with van der Waals surface area (Å²) in [5.41, 5.74) is 3.19. The molecule has 0 aliphatic rings. The monoisotopic (exact) mass is 399 g/mol. The molecule has 0 radical (unpaired) electrons. The van der Waals surface area contributed by atoms with Crippen molar-refractivity contribution < 1.29 is 9.53 Å². The molecule has 5 nitrogen and oxygen atoms in total. The number of benzene rings is 1. The van der Waals surface area contributed by atoms with Gasteiger partial charge >= 0.3 is 0 Å². The molecule has 20 heavy (non-hydrogen) atoms. The molecule has 0 bridgehead atoms. The molecular formula is C13H11Br2N3O2. The molecule has 2 rings (SSSR count). The van der Waals surface area contributed by atoms with Gasteiger partial charge in [0.05, 0.1) is 16.4 Å². The summed E-state index contributed by atoms with van der Waals surface area (Å²) in [4.78, 5) is 14.5. The maximum atomic E-state index is 11.5. The van der Waals surface area contributed by atoms with Crippen LogP contribution in [0.15, 0.2) is 50.6 Å². The summed E-state index contributed by atoms with van der Waals surface area (Å²) in [6.45, 7) is -0.109. The zero-order valence-corrected chi connectivity index (χ0v) is 13.4. The number of hydrazone groups is 1. The van der Waals surface area contributed by atoms with Crippen molar-refractivity contribution >= 4 is 44.0 Å². The van der Waals surface area contributed by atoms with E-state index < -0.39 is 0 Å². The van der Waals surface area contributed by atoms with E-state index in [1.807, 2.05) is 24.3 Å². The van der Waals surface area contributed by atoms with Crippen LogP contribution >= 0.6 is 31.9 Å². The summed E-state index contributed by atoms with van der Waals surface area (Å²) in [6.07, 6.45) is 3.30. The fourth-order valence-electron chi connectivity index (χ4n) is 1.37. The molecule has 1 heterocycles. The van der Waals surface area contributed by atoms with Crippen molar-refractivity contribution in [2.24, 2.45) is 5.10 Å². The summed E-state index contributed by atoms with van der Waals surface area (Å²) in [7, 11) is 0. The Balaban J connectivity index is 1.80. The molecule has 0 unspecified atom stereocenters. The number of hydrogen-bond donors (Lipinski definition) is 2. The highest BCUT2D eigenvalue weighted by Gasteiger charge is 2.05. The molecule has 0 saturated heterocycles. The Morgan fingerprint density at radius 1 is 1.40 bits per heavy atom. The number of nitrogens with one attached hydrogen (secondary N) is 2. The van der Waals surface area contributed by atoms with Crippen LogP contribution < -0.4 is 10.2 Å². The van der Waals surface area contributed by atoms with Crippen molar-refractivity contribution in [2.75, 3.05) is 6.61 Å². The van der Waals surface area contributed by atoms with E-state index in [1.165, 1.54) is 6.21 Å². The van der Waals surface area contributed by atoms with E-state index in [-0.39, 0.29) is 12.5 Å². The number of nitrogens with zero attached hydrogens (tertiary/aromatic N) is 1. The topological polar surface area (TPSA) is 66.5 Å². The molecule has 0 spiro atoms. The third kappa shape index (κ3) is 4.50. The van der Waals surface area contributed by atoms with E-state index in [0.717, 1.165) is 14.6 Å². The Hall–Kier alpha value is -1.60. The second-order valence-corrected chi connectivity index (χ2v) is 5.55. The lowest BCUT2D eigenvalue weighted by molar-refractivity contribution is -0.123. The lowest BCUT2D eigenvalue weighted by Crippen LogP contribution is -2.24. The van der Waals surface area contributed by atoms with E-state index in [9.17, 15) is 4.79 Å². The van der Waals surface area contributed by atoms with Gasteiger partial charge in [-0.2, -0.15) is 5.10 Å². The van der Waals surface area contributed by atoms with Crippen LogP contribution in [0.5, 0.6) is 5.75 Å². The predicted octanol–water partition coefficient (Wildman–Crippen LogP) is 3.07. The van der Waals surface area contributed by atoms with Gasteiger partial charge in [0.25, 0.3) is 5.91 Å². The summed E-state index contributed by atoms with van der Waals surface area (Å²) in [6, 6.07) is 9.13. The quantitative estimate of drug-likeness (QED) is 0.598. The molecule has 1 amide bonds. The van der Waals surface area contributed by atoms with Crippen LogP contribution in [-0.4, -0.2) is 23.7 Å². The Morgan fingerprint density at radius 3 is 2.95 bits per heavy atom. The summed E-state index contributed by atoms with van der Waals surface area (Å²) >= 11 is 6.70. The number of carbonyl (C=O) groups excluding carboxylic acids is 1. The van der Waals surface area contributed by atoms with Crippen molar-refractivity contribution in [3.05, 3.63) is 51.2 Å². The van der Waals surface area contributed by atoms with Gasteiger partial charge in [0.1, 0.15) is 5.75 Å². The fraction of sp³-hybridized carbons (Fsp3) is 0.0769. The van der Waals surface area contributed by atoms with Crippen molar-refractivity contribution in [3.63, 3.8) is 0 Å². The molecule has 0 aliphatic carbocycles. The number of rotatable bonds is 5. The van der Waals surface area contributed by atoms with Gasteiger partial charge in [0, 0.05) is 10.7 Å². The van der Waals surface area contributed by atoms with Gasteiger partial charge in [0.15, 0.2) is 6.61 Å². The van der Waals surface area contributed by atoms with Crippen LogP contribution in [0.3, 0.4) is 0 Å². The number of aromatic amines is 1. The van der Waals surface area contributed by atoms with Gasteiger partial charge in [0.2, 0.25) is 0 Å². The SMILES string of the molecule is O=C(COc1ccc(Br)cc1Br)NN=Cc1ccc[nH]1. The third-order valence-electron chi connectivity index (χ3n) is 2.27. The van der Waals surface area contributed by atoms with Crippen LogP contribution in [-0.2, 0) is 4.79 Å². The summed E-state index contributed by atoms with van der Waals surface area (Å²) < 4.78 is 7.08. The number of halogens is 2. The van der Waals surface area contributed by atoms with Gasteiger partial charge in [-0.3, -0.25) is 4.79 Å². The van der Waals surface area contributed by atoms with Crippen LogP contribution in [0.2, 0.25) is 0 Å². The lowest BCUT2D eigenvalue weighted by atomic mass is 10.3. The third-order valence-corrected chi connectivity index (χ3v) is 3.38. The van der Waals surface area contributed by atoms with Crippen molar-refractivity contribution in [3.8, 4) is 5.75 Å². The van der Waals surface area contributed by atoms with E-state index in [4.69, 9.17) is 4.74 Å². The maximum absolute atomic E-state index is 11.5. The van der Waals surface area contributed by atoms with Crippen LogP contribution in [0.4, 0.5) is 0 Å². The molecule has 0 atom stereocenters. The summed E-state index contributed by atoms with van der Waals surface area (Å²) in [5, 5.41) is 3.81. The zero-order chi connectivity index (χ0) is 14.4. The molecule has 2 N–H and O–H groups in total. The molecule has 1 aromatic heterocycles. The number of ether oxygens (including phenoxy) is 1. The minimum atomic E-state index is -0.331.